The standard InChI is InChI=1S/C12H9NO/c1-14-11-5-6-12-9(7-11)3-2-4-10(12)8-13/h2-7H,1H3. The number of nitriles is 1. The van der Waals surface area contributed by atoms with Gasteiger partial charge in [0.1, 0.15) is 5.75 Å². The number of methoxy groups -OCH3 is 1. The first-order valence-electron chi connectivity index (χ1n) is 4.32. The maximum atomic E-state index is 8.88. The van der Waals surface area contributed by atoms with Gasteiger partial charge in [-0.1, -0.05) is 12.1 Å². The second-order valence-corrected chi connectivity index (χ2v) is 3.00. The van der Waals surface area contributed by atoms with Crippen LogP contribution in [0.5, 0.6) is 5.75 Å². The fourth-order valence-electron chi connectivity index (χ4n) is 1.49. The Morgan fingerprint density at radius 3 is 2.79 bits per heavy atom. The van der Waals surface area contributed by atoms with Crippen LogP contribution in [0.1, 0.15) is 5.56 Å². The summed E-state index contributed by atoms with van der Waals surface area (Å²) in [6, 6.07) is 13.5. The van der Waals surface area contributed by atoms with Gasteiger partial charge in [-0.05, 0) is 35.0 Å². The van der Waals surface area contributed by atoms with Crippen molar-refractivity contribution in [2.24, 2.45) is 0 Å². The molecule has 14 heavy (non-hydrogen) atoms. The van der Waals surface area contributed by atoms with E-state index in [0.717, 1.165) is 16.5 Å². The number of nitrogens with zero attached hydrogens (tertiary/aromatic N) is 1. The lowest BCUT2D eigenvalue weighted by Gasteiger charge is -2.02. The molecule has 0 N–H and O–H groups in total. The average molecular weight is 183 g/mol. The average Bonchev–Trinajstić information content (AvgIpc) is 2.27. The molecule has 2 nitrogen and oxygen atoms in total. The summed E-state index contributed by atoms with van der Waals surface area (Å²) in [6.45, 7) is 0. The van der Waals surface area contributed by atoms with E-state index in [9.17, 15) is 0 Å². The van der Waals surface area contributed by atoms with Crippen LogP contribution in [0.4, 0.5) is 0 Å². The van der Waals surface area contributed by atoms with Crippen molar-refractivity contribution in [2.75, 3.05) is 7.11 Å². The van der Waals surface area contributed by atoms with Gasteiger partial charge < -0.3 is 4.74 Å². The Morgan fingerprint density at radius 1 is 1.21 bits per heavy atom. The highest BCUT2D eigenvalue weighted by molar-refractivity contribution is 5.88. The lowest BCUT2D eigenvalue weighted by atomic mass is 10.1. The van der Waals surface area contributed by atoms with Crippen LogP contribution in [-0.2, 0) is 0 Å². The van der Waals surface area contributed by atoms with Crippen molar-refractivity contribution in [1.29, 1.82) is 5.26 Å². The maximum Gasteiger partial charge on any atom is 0.119 e. The number of ether oxygens (including phenoxy) is 1. The van der Waals surface area contributed by atoms with E-state index in [0.29, 0.717) is 5.56 Å². The maximum absolute atomic E-state index is 8.88. The fourth-order valence-corrected chi connectivity index (χ4v) is 1.49. The molecule has 0 saturated carbocycles. The molecule has 68 valence electrons. The molecular weight excluding hydrogens is 174 g/mol. The van der Waals surface area contributed by atoms with Crippen LogP contribution < -0.4 is 4.74 Å². The molecule has 0 spiro atoms. The molecular formula is C12H9NO. The molecule has 0 aliphatic carbocycles. The summed E-state index contributed by atoms with van der Waals surface area (Å²) in [7, 11) is 1.63. The summed E-state index contributed by atoms with van der Waals surface area (Å²) in [6.07, 6.45) is 0. The van der Waals surface area contributed by atoms with Gasteiger partial charge >= 0.3 is 0 Å². The van der Waals surface area contributed by atoms with E-state index in [1.807, 2.05) is 36.4 Å². The Kier molecular flexibility index (Phi) is 2.08. The predicted molar refractivity (Wildman–Crippen MR) is 55.2 cm³/mol. The van der Waals surface area contributed by atoms with Gasteiger partial charge in [-0.2, -0.15) is 5.26 Å². The van der Waals surface area contributed by atoms with Crippen LogP contribution in [0.15, 0.2) is 36.4 Å². The van der Waals surface area contributed by atoms with Crippen molar-refractivity contribution >= 4 is 10.8 Å². The van der Waals surface area contributed by atoms with E-state index in [1.54, 1.807) is 7.11 Å². The van der Waals surface area contributed by atoms with Crippen LogP contribution in [0.25, 0.3) is 10.8 Å². The number of benzene rings is 2. The highest BCUT2D eigenvalue weighted by Gasteiger charge is 2.00. The number of hydrogen-bond donors (Lipinski definition) is 0. The lowest BCUT2D eigenvalue weighted by Crippen LogP contribution is -1.84. The quantitative estimate of drug-likeness (QED) is 0.681. The Morgan fingerprint density at radius 2 is 2.07 bits per heavy atom. The zero-order valence-electron chi connectivity index (χ0n) is 7.82. The SMILES string of the molecule is COc1ccc2c(C#N)cccc2c1. The molecule has 2 rings (SSSR count). The van der Waals surface area contributed by atoms with Crippen molar-refractivity contribution < 1.29 is 4.74 Å². The largest absolute Gasteiger partial charge is 0.497 e. The molecule has 0 heterocycles. The summed E-state index contributed by atoms with van der Waals surface area (Å²) in [4.78, 5) is 0. The van der Waals surface area contributed by atoms with Crippen molar-refractivity contribution in [1.82, 2.24) is 0 Å². The number of hydrogen-bond acceptors (Lipinski definition) is 2. The van der Waals surface area contributed by atoms with Crippen molar-refractivity contribution in [3.8, 4) is 11.8 Å². The zero-order valence-corrected chi connectivity index (χ0v) is 7.82. The van der Waals surface area contributed by atoms with Crippen molar-refractivity contribution in [3.05, 3.63) is 42.0 Å². The minimum Gasteiger partial charge on any atom is -0.497 e. The van der Waals surface area contributed by atoms with E-state index >= 15 is 0 Å². The smallest absolute Gasteiger partial charge is 0.119 e. The van der Waals surface area contributed by atoms with E-state index in [2.05, 4.69) is 6.07 Å². The van der Waals surface area contributed by atoms with Crippen molar-refractivity contribution in [3.63, 3.8) is 0 Å². The van der Waals surface area contributed by atoms with E-state index in [1.165, 1.54) is 0 Å². The first-order valence-corrected chi connectivity index (χ1v) is 4.32. The molecule has 0 aromatic heterocycles. The third-order valence-electron chi connectivity index (χ3n) is 2.21. The monoisotopic (exact) mass is 183 g/mol. The summed E-state index contributed by atoms with van der Waals surface area (Å²) >= 11 is 0. The third-order valence-corrected chi connectivity index (χ3v) is 2.21. The second kappa shape index (κ2) is 3.39. The first kappa shape index (κ1) is 8.58. The van der Waals surface area contributed by atoms with Gasteiger partial charge in [0.25, 0.3) is 0 Å². The van der Waals surface area contributed by atoms with Crippen LogP contribution in [-0.4, -0.2) is 7.11 Å². The first-order chi connectivity index (χ1) is 6.85. The highest BCUT2D eigenvalue weighted by Crippen LogP contribution is 2.22. The van der Waals surface area contributed by atoms with E-state index < -0.39 is 0 Å². The molecule has 2 heteroatoms. The van der Waals surface area contributed by atoms with Gasteiger partial charge in [-0.25, -0.2) is 0 Å². The van der Waals surface area contributed by atoms with Gasteiger partial charge in [-0.3, -0.25) is 0 Å². The molecule has 0 atom stereocenters. The molecule has 2 aromatic rings. The zero-order chi connectivity index (χ0) is 9.97. The van der Waals surface area contributed by atoms with Gasteiger partial charge in [0.2, 0.25) is 0 Å². The molecule has 0 bridgehead atoms. The summed E-state index contributed by atoms with van der Waals surface area (Å²) in [5.74, 6) is 0.813. The summed E-state index contributed by atoms with van der Waals surface area (Å²) in [5.41, 5.74) is 0.699. The molecule has 0 radical (unpaired) electrons. The molecule has 0 saturated heterocycles. The molecule has 2 aromatic carbocycles. The normalized spacial score (nSPS) is 9.71. The minimum absolute atomic E-state index is 0.699. The van der Waals surface area contributed by atoms with Gasteiger partial charge in [0.15, 0.2) is 0 Å². The number of rotatable bonds is 1. The van der Waals surface area contributed by atoms with Crippen LogP contribution in [0.2, 0.25) is 0 Å². The second-order valence-electron chi connectivity index (χ2n) is 3.00. The minimum atomic E-state index is 0.699. The summed E-state index contributed by atoms with van der Waals surface area (Å²) in [5, 5.41) is 10.9. The highest BCUT2D eigenvalue weighted by atomic mass is 16.5. The summed E-state index contributed by atoms with van der Waals surface area (Å²) < 4.78 is 5.11. The molecule has 0 fully saturated rings. The Hall–Kier alpha value is -2.01. The third kappa shape index (κ3) is 1.29. The lowest BCUT2D eigenvalue weighted by molar-refractivity contribution is 0.415. The van der Waals surface area contributed by atoms with Gasteiger partial charge in [0, 0.05) is 0 Å². The Balaban J connectivity index is 2.75. The predicted octanol–water partition coefficient (Wildman–Crippen LogP) is 2.72. The van der Waals surface area contributed by atoms with E-state index in [4.69, 9.17) is 10.00 Å². The molecule has 0 aliphatic heterocycles. The number of fused-ring (bicyclic) bond motifs is 1. The molecule has 0 aliphatic rings. The molecule has 0 amide bonds. The van der Waals surface area contributed by atoms with Crippen LogP contribution >= 0.6 is 0 Å². The molecule has 0 unspecified atom stereocenters. The van der Waals surface area contributed by atoms with Gasteiger partial charge in [0.05, 0.1) is 18.7 Å². The Labute approximate surface area is 82.3 Å². The topological polar surface area (TPSA) is 33.0 Å². The Bertz CT molecular complexity index is 511. The van der Waals surface area contributed by atoms with E-state index in [-0.39, 0.29) is 0 Å². The van der Waals surface area contributed by atoms with Crippen LogP contribution in [0.3, 0.4) is 0 Å². The van der Waals surface area contributed by atoms with Crippen molar-refractivity contribution in [2.45, 2.75) is 0 Å². The van der Waals surface area contributed by atoms with Gasteiger partial charge in [-0.15, -0.1) is 0 Å². The fraction of sp³-hybridized carbons (Fsp3) is 0.0833. The van der Waals surface area contributed by atoms with Crippen LogP contribution in [0, 0.1) is 11.3 Å².